The fraction of sp³-hybridized carbons (Fsp3) is 0.462. The third-order valence-electron chi connectivity index (χ3n) is 3.43. The number of nitrogens with one attached hydrogen (secondary N) is 1. The number of carbonyl (C=O) groups excluding carboxylic acids is 1. The van der Waals surface area contributed by atoms with Gasteiger partial charge in [0.15, 0.2) is 5.15 Å². The third kappa shape index (κ3) is 3.59. The summed E-state index contributed by atoms with van der Waals surface area (Å²) >= 11 is 17.8. The molecule has 0 saturated heterocycles. The van der Waals surface area contributed by atoms with Gasteiger partial charge >= 0.3 is 0 Å². The van der Waals surface area contributed by atoms with Crippen LogP contribution in [0.3, 0.4) is 0 Å². The number of rotatable bonds is 3. The zero-order valence-corrected chi connectivity index (χ0v) is 13.5. The molecule has 0 radical (unpaired) electrons. The maximum Gasteiger partial charge on any atom is 0.150 e. The van der Waals surface area contributed by atoms with Gasteiger partial charge in [0, 0.05) is 5.71 Å². The van der Waals surface area contributed by atoms with Gasteiger partial charge in [-0.1, -0.05) is 48.1 Å². The monoisotopic (exact) mass is 348 g/mol. The molecule has 1 aliphatic rings. The number of hydrogen-bond acceptors (Lipinski definition) is 5. The standard InChI is InChI=1S/C13H14Cl3N3O2/c1-6-4-2-3-5-7(6)18-19-10-8(14)11(13(20)21)17-12(16)9(10)15/h6H,2-5H2,1H3,(H,17,19)(H,20,21)/p-1/b18-7-/t6-/m0/s1. The Hall–Kier alpha value is -1.04. The molecule has 2 rings (SSSR count). The lowest BCUT2D eigenvalue weighted by Gasteiger charge is -2.20. The molecule has 1 aliphatic carbocycles. The molecule has 1 aromatic rings. The highest BCUT2D eigenvalue weighted by molar-refractivity contribution is 6.46. The minimum Gasteiger partial charge on any atom is -0.543 e. The van der Waals surface area contributed by atoms with Gasteiger partial charge < -0.3 is 9.90 Å². The van der Waals surface area contributed by atoms with E-state index in [2.05, 4.69) is 22.4 Å². The van der Waals surface area contributed by atoms with E-state index in [1.807, 2.05) is 0 Å². The molecule has 0 spiro atoms. The van der Waals surface area contributed by atoms with E-state index in [1.54, 1.807) is 0 Å². The molecule has 1 N–H and O–H groups in total. The van der Waals surface area contributed by atoms with E-state index >= 15 is 0 Å². The summed E-state index contributed by atoms with van der Waals surface area (Å²) in [4.78, 5) is 14.6. The van der Waals surface area contributed by atoms with E-state index in [9.17, 15) is 9.90 Å². The van der Waals surface area contributed by atoms with Gasteiger partial charge in [-0.25, -0.2) is 4.98 Å². The van der Waals surface area contributed by atoms with Crippen molar-refractivity contribution in [2.75, 3.05) is 5.43 Å². The van der Waals surface area contributed by atoms with Gasteiger partial charge in [0.1, 0.15) is 10.7 Å². The van der Waals surface area contributed by atoms with Crippen LogP contribution in [-0.2, 0) is 0 Å². The van der Waals surface area contributed by atoms with Crippen LogP contribution in [0.1, 0.15) is 43.1 Å². The van der Waals surface area contributed by atoms with Gasteiger partial charge in [-0.15, -0.1) is 0 Å². The summed E-state index contributed by atoms with van der Waals surface area (Å²) in [5.74, 6) is -1.16. The molecule has 1 atom stereocenters. The Balaban J connectivity index is 2.35. The van der Waals surface area contributed by atoms with E-state index < -0.39 is 11.7 Å². The molecule has 1 aromatic heterocycles. The number of carbonyl (C=O) groups is 1. The van der Waals surface area contributed by atoms with Gasteiger partial charge in [0.2, 0.25) is 0 Å². The minimum atomic E-state index is -1.53. The zero-order valence-electron chi connectivity index (χ0n) is 11.3. The lowest BCUT2D eigenvalue weighted by Crippen LogP contribution is -2.24. The molecule has 1 saturated carbocycles. The Labute approximate surface area is 137 Å². The fourth-order valence-electron chi connectivity index (χ4n) is 2.21. The van der Waals surface area contributed by atoms with Crippen molar-refractivity contribution in [1.82, 2.24) is 4.98 Å². The van der Waals surface area contributed by atoms with Gasteiger partial charge in [0.05, 0.1) is 16.7 Å². The number of hydrazone groups is 1. The number of anilines is 1. The number of halogens is 3. The van der Waals surface area contributed by atoms with Crippen molar-refractivity contribution in [2.45, 2.75) is 32.6 Å². The van der Waals surface area contributed by atoms with Gasteiger partial charge in [-0.3, -0.25) is 5.43 Å². The summed E-state index contributed by atoms with van der Waals surface area (Å²) in [6, 6.07) is 0. The van der Waals surface area contributed by atoms with Crippen LogP contribution in [0.25, 0.3) is 0 Å². The average Bonchev–Trinajstić information content (AvgIpc) is 2.44. The van der Waals surface area contributed by atoms with Crippen LogP contribution in [0.15, 0.2) is 5.10 Å². The predicted molar refractivity (Wildman–Crippen MR) is 82.3 cm³/mol. The number of nitrogens with zero attached hydrogens (tertiary/aromatic N) is 2. The van der Waals surface area contributed by atoms with E-state index in [-0.39, 0.29) is 20.9 Å². The number of carboxylic acids is 1. The first-order chi connectivity index (χ1) is 9.91. The Kier molecular flexibility index (Phi) is 5.30. The normalized spacial score (nSPS) is 20.6. The van der Waals surface area contributed by atoms with E-state index in [0.29, 0.717) is 5.92 Å². The first kappa shape index (κ1) is 16.3. The van der Waals surface area contributed by atoms with Crippen LogP contribution in [0, 0.1) is 5.92 Å². The van der Waals surface area contributed by atoms with E-state index in [0.717, 1.165) is 25.0 Å². The molecule has 114 valence electrons. The number of aromatic carboxylic acids is 1. The molecule has 5 nitrogen and oxygen atoms in total. The van der Waals surface area contributed by atoms with Crippen molar-refractivity contribution < 1.29 is 9.90 Å². The van der Waals surface area contributed by atoms with Crippen LogP contribution >= 0.6 is 34.8 Å². The summed E-state index contributed by atoms with van der Waals surface area (Å²) < 4.78 is 0. The number of pyridine rings is 1. The van der Waals surface area contributed by atoms with E-state index in [4.69, 9.17) is 34.8 Å². The minimum absolute atomic E-state index is 0.0273. The topological polar surface area (TPSA) is 77.4 Å². The molecule has 0 aromatic carbocycles. The van der Waals surface area contributed by atoms with Crippen molar-refractivity contribution in [1.29, 1.82) is 0 Å². The highest BCUT2D eigenvalue weighted by atomic mass is 35.5. The second-order valence-electron chi connectivity index (χ2n) is 4.90. The van der Waals surface area contributed by atoms with Crippen LogP contribution in [0.2, 0.25) is 15.2 Å². The largest absolute Gasteiger partial charge is 0.543 e. The van der Waals surface area contributed by atoms with Crippen molar-refractivity contribution in [3.63, 3.8) is 0 Å². The smallest absolute Gasteiger partial charge is 0.150 e. The second kappa shape index (κ2) is 6.81. The van der Waals surface area contributed by atoms with Crippen molar-refractivity contribution in [3.05, 3.63) is 20.9 Å². The number of carboxylic acid groups (broad SMARTS) is 1. The quantitative estimate of drug-likeness (QED) is 0.670. The molecule has 0 bridgehead atoms. The Morgan fingerprint density at radius 1 is 1.33 bits per heavy atom. The molecule has 0 amide bonds. The molecule has 0 aliphatic heterocycles. The maximum atomic E-state index is 11.0. The Morgan fingerprint density at radius 3 is 2.67 bits per heavy atom. The van der Waals surface area contributed by atoms with Crippen LogP contribution in [0.4, 0.5) is 5.69 Å². The van der Waals surface area contributed by atoms with Crippen molar-refractivity contribution in [3.8, 4) is 0 Å². The number of aromatic nitrogens is 1. The highest BCUT2D eigenvalue weighted by Crippen LogP contribution is 2.37. The predicted octanol–water partition coefficient (Wildman–Crippen LogP) is 3.38. The highest BCUT2D eigenvalue weighted by Gasteiger charge is 2.19. The van der Waals surface area contributed by atoms with Crippen LogP contribution in [0.5, 0.6) is 0 Å². The Bertz CT molecular complexity index is 605. The van der Waals surface area contributed by atoms with Gasteiger partial charge in [0.25, 0.3) is 0 Å². The van der Waals surface area contributed by atoms with Crippen LogP contribution < -0.4 is 10.5 Å². The van der Waals surface area contributed by atoms with Crippen LogP contribution in [-0.4, -0.2) is 16.7 Å². The summed E-state index contributed by atoms with van der Waals surface area (Å²) in [6.07, 6.45) is 4.21. The fourth-order valence-corrected chi connectivity index (χ4v) is 2.87. The molecule has 0 unspecified atom stereocenters. The summed E-state index contributed by atoms with van der Waals surface area (Å²) in [7, 11) is 0. The summed E-state index contributed by atoms with van der Waals surface area (Å²) in [6.45, 7) is 2.09. The lowest BCUT2D eigenvalue weighted by atomic mass is 9.89. The molecule has 1 fully saturated rings. The third-order valence-corrected chi connectivity index (χ3v) is 4.54. The van der Waals surface area contributed by atoms with Gasteiger partial charge in [-0.05, 0) is 25.2 Å². The Morgan fingerprint density at radius 2 is 2.05 bits per heavy atom. The summed E-state index contributed by atoms with van der Waals surface area (Å²) in [5.41, 5.74) is 3.38. The second-order valence-corrected chi connectivity index (χ2v) is 6.02. The van der Waals surface area contributed by atoms with Gasteiger partial charge in [-0.2, -0.15) is 5.10 Å². The molecule has 1 heterocycles. The lowest BCUT2D eigenvalue weighted by molar-refractivity contribution is -0.255. The number of hydrogen-bond donors (Lipinski definition) is 1. The zero-order chi connectivity index (χ0) is 15.6. The average molecular weight is 350 g/mol. The first-order valence-corrected chi connectivity index (χ1v) is 7.63. The molecule has 8 heteroatoms. The molecular weight excluding hydrogens is 337 g/mol. The van der Waals surface area contributed by atoms with Crippen molar-refractivity contribution >= 4 is 52.2 Å². The van der Waals surface area contributed by atoms with Crippen molar-refractivity contribution in [2.24, 2.45) is 11.0 Å². The first-order valence-electron chi connectivity index (χ1n) is 6.50. The molecular formula is C13H13Cl3N3O2-. The molecule has 21 heavy (non-hydrogen) atoms. The summed E-state index contributed by atoms with van der Waals surface area (Å²) in [5, 5.41) is 15.0. The SMILES string of the molecule is C[C@H]1CCCC/C1=N/Nc1c(Cl)c(Cl)nc(C(=O)[O-])c1Cl. The van der Waals surface area contributed by atoms with E-state index in [1.165, 1.54) is 6.42 Å². The maximum absolute atomic E-state index is 11.0.